The fourth-order valence-electron chi connectivity index (χ4n) is 6.66. The van der Waals surface area contributed by atoms with Crippen LogP contribution in [-0.2, 0) is 19.1 Å². The monoisotopic (exact) mass is 828 g/mol. The van der Waals surface area contributed by atoms with Crippen LogP contribution in [0.15, 0.2) is 159 Å². The second-order valence-corrected chi connectivity index (χ2v) is 14.3. The number of fused-ring (bicyclic) bond motifs is 3. The van der Waals surface area contributed by atoms with E-state index in [4.69, 9.17) is 28.4 Å². The molecule has 0 spiro atoms. The maximum atomic E-state index is 13.0. The Bertz CT molecular complexity index is 2770. The zero-order valence-corrected chi connectivity index (χ0v) is 34.0. The Hall–Kier alpha value is -7.72. The number of carbonyl (C=O) groups excluding carboxylic acids is 4. The Morgan fingerprint density at radius 3 is 1.42 bits per heavy atom. The molecule has 0 N–H and O–H groups in total. The molecule has 10 heteroatoms. The molecular weight excluding hydrogens is 785 g/mol. The van der Waals surface area contributed by atoms with Crippen molar-refractivity contribution in [2.24, 2.45) is 0 Å². The van der Waals surface area contributed by atoms with E-state index in [1.807, 2.05) is 72.8 Å². The van der Waals surface area contributed by atoms with Crippen molar-refractivity contribution in [3.63, 3.8) is 0 Å². The molecule has 62 heavy (non-hydrogen) atoms. The molecule has 0 bridgehead atoms. The molecule has 0 amide bonds. The highest BCUT2D eigenvalue weighted by atomic mass is 16.5. The summed E-state index contributed by atoms with van der Waals surface area (Å²) in [5, 5.41) is 5.56. The van der Waals surface area contributed by atoms with Crippen molar-refractivity contribution in [3.8, 4) is 34.1 Å². The summed E-state index contributed by atoms with van der Waals surface area (Å²) in [5.41, 5.74) is 2.88. The van der Waals surface area contributed by atoms with E-state index in [1.54, 1.807) is 54.6 Å². The molecule has 7 rings (SSSR count). The third kappa shape index (κ3) is 11.3. The van der Waals surface area contributed by atoms with Gasteiger partial charge >= 0.3 is 23.9 Å². The molecule has 0 radical (unpaired) electrons. The first-order chi connectivity index (χ1) is 30.2. The van der Waals surface area contributed by atoms with Gasteiger partial charge in [0, 0.05) is 12.2 Å². The Balaban J connectivity index is 0.828. The van der Waals surface area contributed by atoms with Gasteiger partial charge in [0.1, 0.15) is 23.0 Å². The van der Waals surface area contributed by atoms with Gasteiger partial charge in [-0.3, -0.25) is 0 Å². The Morgan fingerprint density at radius 2 is 0.823 bits per heavy atom. The lowest BCUT2D eigenvalue weighted by Crippen LogP contribution is -2.08. The molecule has 0 saturated carbocycles. The molecule has 312 valence electrons. The number of benzene rings is 7. The van der Waals surface area contributed by atoms with Crippen molar-refractivity contribution in [1.29, 1.82) is 0 Å². The van der Waals surface area contributed by atoms with E-state index < -0.39 is 17.9 Å². The van der Waals surface area contributed by atoms with E-state index >= 15 is 0 Å². The number of hydrogen-bond acceptors (Lipinski definition) is 10. The minimum absolute atomic E-state index is 0.286. The van der Waals surface area contributed by atoms with Gasteiger partial charge in [-0.1, -0.05) is 67.8 Å². The van der Waals surface area contributed by atoms with Gasteiger partial charge in [0.25, 0.3) is 0 Å². The van der Waals surface area contributed by atoms with Crippen LogP contribution in [0, 0.1) is 0 Å². The SMILES string of the molecule is C=CC(=O)OCCCCOc1ccc2cc(C(=O)OCCCCOc3ccc4cc(-c5ccc(OC(=O)c6ccc7cc(OC(=O)C=C)ccc7c6)cc5)ccc4c3)ccc2c1. The molecule has 0 heterocycles. The van der Waals surface area contributed by atoms with Gasteiger partial charge in [0.2, 0.25) is 0 Å². The van der Waals surface area contributed by atoms with Gasteiger partial charge < -0.3 is 28.4 Å². The second kappa shape index (κ2) is 20.5. The number of hydrogen-bond donors (Lipinski definition) is 0. The summed E-state index contributed by atoms with van der Waals surface area (Å²) in [6.07, 6.45) is 5.06. The van der Waals surface area contributed by atoms with Gasteiger partial charge in [0.05, 0.1) is 37.6 Å². The molecule has 0 aliphatic carbocycles. The molecule has 0 aliphatic heterocycles. The van der Waals surface area contributed by atoms with Gasteiger partial charge in [0.15, 0.2) is 0 Å². The van der Waals surface area contributed by atoms with E-state index in [0.29, 0.717) is 55.3 Å². The number of esters is 4. The molecule has 7 aromatic carbocycles. The maximum absolute atomic E-state index is 13.0. The van der Waals surface area contributed by atoms with E-state index in [-0.39, 0.29) is 12.6 Å². The highest BCUT2D eigenvalue weighted by molar-refractivity contribution is 5.98. The van der Waals surface area contributed by atoms with Crippen molar-refractivity contribution < 1.29 is 47.6 Å². The highest BCUT2D eigenvalue weighted by Crippen LogP contribution is 2.30. The number of unbranched alkanes of at least 4 members (excludes halogenated alkanes) is 2. The van der Waals surface area contributed by atoms with E-state index in [0.717, 1.165) is 79.9 Å². The fourth-order valence-corrected chi connectivity index (χ4v) is 6.66. The summed E-state index contributed by atoms with van der Waals surface area (Å²) < 4.78 is 33.2. The maximum Gasteiger partial charge on any atom is 0.343 e. The van der Waals surface area contributed by atoms with Crippen LogP contribution in [0.5, 0.6) is 23.0 Å². The Morgan fingerprint density at radius 1 is 0.387 bits per heavy atom. The molecule has 0 atom stereocenters. The second-order valence-electron chi connectivity index (χ2n) is 14.3. The summed E-state index contributed by atoms with van der Waals surface area (Å²) in [4.78, 5) is 48.4. The fraction of sp³-hybridized carbons (Fsp3) is 0.154. The van der Waals surface area contributed by atoms with E-state index in [2.05, 4.69) is 19.2 Å². The van der Waals surface area contributed by atoms with Crippen molar-refractivity contribution in [2.75, 3.05) is 26.4 Å². The van der Waals surface area contributed by atoms with Crippen LogP contribution in [0.4, 0.5) is 0 Å². The summed E-state index contributed by atoms with van der Waals surface area (Å²) >= 11 is 0. The molecular formula is C52H44O10. The van der Waals surface area contributed by atoms with Crippen LogP contribution in [-0.4, -0.2) is 50.3 Å². The average molecular weight is 829 g/mol. The van der Waals surface area contributed by atoms with Crippen LogP contribution in [0.2, 0.25) is 0 Å². The van der Waals surface area contributed by atoms with Gasteiger partial charge in [-0.25, -0.2) is 19.2 Å². The molecule has 0 saturated heterocycles. The van der Waals surface area contributed by atoms with E-state index in [9.17, 15) is 19.2 Å². The quantitative estimate of drug-likeness (QED) is 0.0337. The number of rotatable bonds is 19. The van der Waals surface area contributed by atoms with Crippen LogP contribution < -0.4 is 18.9 Å². The molecule has 0 fully saturated rings. The van der Waals surface area contributed by atoms with Crippen LogP contribution >= 0.6 is 0 Å². The first-order valence-corrected chi connectivity index (χ1v) is 20.2. The van der Waals surface area contributed by atoms with E-state index in [1.165, 1.54) is 0 Å². The molecule has 7 aromatic rings. The van der Waals surface area contributed by atoms with Gasteiger partial charge in [-0.15, -0.1) is 0 Å². The standard InChI is InChI=1S/C52H44O10/c1-3-49(53)59-27-7-5-25-57-47-23-18-38-30-43(13-11-41(38)33-47)51(55)60-28-8-6-26-58-46-22-17-37-29-36(9-10-40(37)32-46)35-15-20-45(21-16-35)62-52(56)44-14-12-42-34-48(61-50(54)4-2)24-19-39(42)31-44/h3-4,9-24,29-34H,1-2,5-8,25-28H2. The predicted molar refractivity (Wildman–Crippen MR) is 239 cm³/mol. The third-order valence-corrected chi connectivity index (χ3v) is 9.95. The number of carbonyl (C=O) groups is 4. The normalized spacial score (nSPS) is 10.8. The Kier molecular flexibility index (Phi) is 14.0. The molecule has 0 unspecified atom stereocenters. The lowest BCUT2D eigenvalue weighted by molar-refractivity contribution is -0.138. The first-order valence-electron chi connectivity index (χ1n) is 20.2. The minimum atomic E-state index is -0.542. The highest BCUT2D eigenvalue weighted by Gasteiger charge is 2.12. The van der Waals surface area contributed by atoms with Crippen LogP contribution in [0.25, 0.3) is 43.4 Å². The summed E-state index contributed by atoms with van der Waals surface area (Å²) in [6, 6.07) is 41.0. The molecule has 0 aromatic heterocycles. The number of ether oxygens (including phenoxy) is 6. The topological polar surface area (TPSA) is 124 Å². The van der Waals surface area contributed by atoms with Crippen molar-refractivity contribution >= 4 is 56.2 Å². The Labute approximate surface area is 358 Å². The smallest absolute Gasteiger partial charge is 0.343 e. The summed E-state index contributed by atoms with van der Waals surface area (Å²) in [7, 11) is 0. The molecule has 0 aliphatic rings. The average Bonchev–Trinajstić information content (AvgIpc) is 3.30. The predicted octanol–water partition coefficient (Wildman–Crippen LogP) is 11.0. The zero-order chi connectivity index (χ0) is 43.3. The van der Waals surface area contributed by atoms with Crippen LogP contribution in [0.3, 0.4) is 0 Å². The van der Waals surface area contributed by atoms with Crippen molar-refractivity contribution in [3.05, 3.63) is 170 Å². The van der Waals surface area contributed by atoms with Crippen LogP contribution in [0.1, 0.15) is 46.4 Å². The van der Waals surface area contributed by atoms with Crippen molar-refractivity contribution in [2.45, 2.75) is 25.7 Å². The van der Waals surface area contributed by atoms with Crippen molar-refractivity contribution in [1.82, 2.24) is 0 Å². The summed E-state index contributed by atoms with van der Waals surface area (Å²) in [6.45, 7) is 8.38. The van der Waals surface area contributed by atoms with Gasteiger partial charge in [-0.2, -0.15) is 0 Å². The molecule has 10 nitrogen and oxygen atoms in total. The lowest BCUT2D eigenvalue weighted by Gasteiger charge is -2.10. The third-order valence-electron chi connectivity index (χ3n) is 9.95. The first kappa shape index (κ1) is 42.4. The van der Waals surface area contributed by atoms with Gasteiger partial charge in [-0.05, 0) is 148 Å². The summed E-state index contributed by atoms with van der Waals surface area (Å²) in [5.74, 6) is 0.485. The lowest BCUT2D eigenvalue weighted by atomic mass is 10.0. The largest absolute Gasteiger partial charge is 0.494 e. The zero-order valence-electron chi connectivity index (χ0n) is 34.0. The minimum Gasteiger partial charge on any atom is -0.494 e.